The van der Waals surface area contributed by atoms with Gasteiger partial charge in [-0.15, -0.1) is 0 Å². The summed E-state index contributed by atoms with van der Waals surface area (Å²) >= 11 is 2.47. The third-order valence-corrected chi connectivity index (χ3v) is 121. The third kappa shape index (κ3) is 4.11. The molecule has 3 aromatic carbocycles. The SMILES string of the molecule is C[Si]1(c2ccccc2)[Se][Si](C)(c2ccccc2)[Se][Si](C)(c2ccccc2)[Se]1. The molecule has 0 nitrogen and oxygen atoms in total. The molecule has 1 aliphatic rings. The van der Waals surface area contributed by atoms with Crippen molar-refractivity contribution in [3.05, 3.63) is 91.0 Å². The molecule has 3 aromatic rings. The topological polar surface area (TPSA) is 0 Å². The molecule has 0 N–H and O–H groups in total. The van der Waals surface area contributed by atoms with Gasteiger partial charge in [-0.25, -0.2) is 0 Å². The fraction of sp³-hybridized carbons (Fsp3) is 0.143. The summed E-state index contributed by atoms with van der Waals surface area (Å²) in [7, 11) is 0. The first-order chi connectivity index (χ1) is 12.9. The average molecular weight is 598 g/mol. The molecule has 1 saturated heterocycles. The van der Waals surface area contributed by atoms with Crippen LogP contribution in [0.1, 0.15) is 0 Å². The van der Waals surface area contributed by atoms with Crippen LogP contribution in [0.25, 0.3) is 0 Å². The zero-order valence-corrected chi connectivity index (χ0v) is 24.0. The van der Waals surface area contributed by atoms with Gasteiger partial charge in [0.1, 0.15) is 0 Å². The molecule has 0 aromatic heterocycles. The molecule has 0 aliphatic carbocycles. The van der Waals surface area contributed by atoms with Crippen molar-refractivity contribution in [1.82, 2.24) is 0 Å². The van der Waals surface area contributed by atoms with Gasteiger partial charge >= 0.3 is 183 Å². The van der Waals surface area contributed by atoms with Gasteiger partial charge in [0.15, 0.2) is 0 Å². The summed E-state index contributed by atoms with van der Waals surface area (Å²) in [5.74, 6) is 0. The molecule has 0 bridgehead atoms. The quantitative estimate of drug-likeness (QED) is 0.406. The van der Waals surface area contributed by atoms with E-state index in [4.69, 9.17) is 0 Å². The maximum absolute atomic E-state index is 2.75. The van der Waals surface area contributed by atoms with Crippen molar-refractivity contribution in [3.8, 4) is 0 Å². The second-order valence-electron chi connectivity index (χ2n) is 7.24. The van der Waals surface area contributed by atoms with Crippen molar-refractivity contribution in [1.29, 1.82) is 0 Å². The van der Waals surface area contributed by atoms with Crippen molar-refractivity contribution < 1.29 is 0 Å². The van der Waals surface area contributed by atoms with Crippen molar-refractivity contribution in [2.24, 2.45) is 0 Å². The molecule has 4 rings (SSSR count). The third-order valence-electron chi connectivity index (χ3n) is 5.06. The van der Waals surface area contributed by atoms with Crippen molar-refractivity contribution in [2.45, 2.75) is 19.6 Å². The summed E-state index contributed by atoms with van der Waals surface area (Å²) in [6, 6.07) is 35.0. The van der Waals surface area contributed by atoms with Crippen LogP contribution >= 0.6 is 0 Å². The molecule has 138 valence electrons. The molecular formula is C21H24Se3Si3. The molecule has 1 fully saturated rings. The molecule has 1 aliphatic heterocycles. The van der Waals surface area contributed by atoms with Gasteiger partial charge < -0.3 is 0 Å². The zero-order valence-electron chi connectivity index (χ0n) is 15.9. The van der Waals surface area contributed by atoms with Crippen molar-refractivity contribution >= 4 is 72.4 Å². The van der Waals surface area contributed by atoms with Crippen LogP contribution in [0.4, 0.5) is 0 Å². The number of hydrogen-bond acceptors (Lipinski definition) is 0. The first-order valence-electron chi connectivity index (χ1n) is 9.21. The van der Waals surface area contributed by atoms with Gasteiger partial charge in [-0.2, -0.15) is 0 Å². The molecule has 1 heterocycles. The van der Waals surface area contributed by atoms with Gasteiger partial charge in [-0.3, -0.25) is 0 Å². The minimum atomic E-state index is -1.39. The molecule has 0 saturated carbocycles. The van der Waals surface area contributed by atoms with E-state index in [9.17, 15) is 0 Å². The minimum absolute atomic E-state index is 0.823. The Morgan fingerprint density at radius 1 is 0.407 bits per heavy atom. The first kappa shape index (κ1) is 20.2. The van der Waals surface area contributed by atoms with Crippen molar-refractivity contribution in [2.75, 3.05) is 0 Å². The van der Waals surface area contributed by atoms with Crippen LogP contribution in [-0.4, -0.2) is 56.9 Å². The molecule has 6 heteroatoms. The summed E-state index contributed by atoms with van der Waals surface area (Å²) in [6.07, 6.45) is 0. The molecule has 0 unspecified atom stereocenters. The number of benzene rings is 3. The van der Waals surface area contributed by atoms with E-state index >= 15 is 0 Å². The van der Waals surface area contributed by atoms with Crippen LogP contribution in [0, 0.1) is 0 Å². The van der Waals surface area contributed by atoms with Crippen molar-refractivity contribution in [3.63, 3.8) is 0 Å². The molecule has 27 heavy (non-hydrogen) atoms. The van der Waals surface area contributed by atoms with E-state index in [1.54, 1.807) is 15.6 Å². The van der Waals surface area contributed by atoms with Gasteiger partial charge in [-0.05, 0) is 0 Å². The predicted molar refractivity (Wildman–Crippen MR) is 130 cm³/mol. The Hall–Kier alpha value is -0.131. The molecule has 0 spiro atoms. The number of hydrogen-bond donors (Lipinski definition) is 0. The van der Waals surface area contributed by atoms with Gasteiger partial charge in [0.2, 0.25) is 0 Å². The standard InChI is InChI=1S/C21H24Se3Si3/c1-25(19-13-7-4-8-14-19)22-26(2,20-15-9-5-10-16-20)24-27(3,23-25)21-17-11-6-12-18-21/h4-18H,1-3H3. The predicted octanol–water partition coefficient (Wildman–Crippen LogP) is 2.05. The maximum atomic E-state index is 2.75. The van der Waals surface area contributed by atoms with Crippen LogP contribution in [0.2, 0.25) is 19.6 Å². The average Bonchev–Trinajstić information content (AvgIpc) is 2.69. The van der Waals surface area contributed by atoms with E-state index in [0.29, 0.717) is 0 Å². The monoisotopic (exact) mass is 600 g/mol. The van der Waals surface area contributed by atoms with E-state index in [0.717, 1.165) is 41.0 Å². The Morgan fingerprint density at radius 3 is 0.852 bits per heavy atom. The first-order valence-corrected chi connectivity index (χ1v) is 31.6. The Labute approximate surface area is 181 Å². The van der Waals surface area contributed by atoms with Crippen LogP contribution in [-0.2, 0) is 0 Å². The summed E-state index contributed by atoms with van der Waals surface area (Å²) < 4.78 is 0. The Balaban J connectivity index is 1.85. The second kappa shape index (κ2) is 7.95. The fourth-order valence-electron chi connectivity index (χ4n) is 3.75. The summed E-state index contributed by atoms with van der Waals surface area (Å²) in [5, 5.41) is 1.07. The Bertz CT molecular complexity index is 775. The molecular weight excluding hydrogens is 573 g/mol. The van der Waals surface area contributed by atoms with E-state index in [1.165, 1.54) is 0 Å². The normalized spacial score (nSPS) is 30.8. The Morgan fingerprint density at radius 2 is 0.630 bits per heavy atom. The fourth-order valence-corrected chi connectivity index (χ4v) is 260. The van der Waals surface area contributed by atoms with Crippen LogP contribution in [0.15, 0.2) is 91.0 Å². The summed E-state index contributed by atoms with van der Waals surface area (Å²) in [5.41, 5.74) is 0. The zero-order chi connectivity index (χ0) is 19.0. The van der Waals surface area contributed by atoms with Gasteiger partial charge in [0.25, 0.3) is 0 Å². The van der Waals surface area contributed by atoms with E-state index in [2.05, 4.69) is 111 Å². The van der Waals surface area contributed by atoms with Gasteiger partial charge in [-0.1, -0.05) is 0 Å². The van der Waals surface area contributed by atoms with Gasteiger partial charge in [0, 0.05) is 0 Å². The molecule has 0 radical (unpaired) electrons. The van der Waals surface area contributed by atoms with E-state index < -0.39 is 15.9 Å². The molecule has 0 amide bonds. The number of rotatable bonds is 3. The van der Waals surface area contributed by atoms with E-state index in [-0.39, 0.29) is 0 Å². The molecule has 0 atom stereocenters. The van der Waals surface area contributed by atoms with Gasteiger partial charge in [0.05, 0.1) is 0 Å². The Kier molecular flexibility index (Phi) is 5.93. The van der Waals surface area contributed by atoms with Crippen LogP contribution in [0.3, 0.4) is 0 Å². The van der Waals surface area contributed by atoms with E-state index in [1.807, 2.05) is 0 Å². The second-order valence-corrected chi connectivity index (χ2v) is 71.3. The summed E-state index contributed by atoms with van der Waals surface area (Å²) in [6.45, 7) is 8.25. The van der Waals surface area contributed by atoms with Crippen LogP contribution < -0.4 is 15.6 Å². The van der Waals surface area contributed by atoms with Crippen LogP contribution in [0.5, 0.6) is 0 Å². The summed E-state index contributed by atoms with van der Waals surface area (Å²) in [4.78, 5) is 0.